The molecular formula is C11H21NOS. The van der Waals surface area contributed by atoms with Crippen LogP contribution in [0.4, 0.5) is 0 Å². The van der Waals surface area contributed by atoms with Crippen molar-refractivity contribution in [2.75, 3.05) is 19.3 Å². The van der Waals surface area contributed by atoms with E-state index in [9.17, 15) is 4.79 Å². The summed E-state index contributed by atoms with van der Waals surface area (Å²) in [7, 11) is 1.91. The molecule has 0 N–H and O–H groups in total. The van der Waals surface area contributed by atoms with Crippen molar-refractivity contribution in [2.45, 2.75) is 39.0 Å². The Bertz CT molecular complexity index is 201. The first-order valence-corrected chi connectivity index (χ1v) is 6.11. The maximum atomic E-state index is 11.8. The van der Waals surface area contributed by atoms with Gasteiger partial charge in [0, 0.05) is 20.0 Å². The Balaban J connectivity index is 2.27. The van der Waals surface area contributed by atoms with E-state index in [-0.39, 0.29) is 5.41 Å². The van der Waals surface area contributed by atoms with E-state index in [1.54, 1.807) is 0 Å². The largest absolute Gasteiger partial charge is 0.346 e. The van der Waals surface area contributed by atoms with Crippen molar-refractivity contribution >= 4 is 18.5 Å². The number of carbonyl (C=O) groups is 1. The van der Waals surface area contributed by atoms with Crippen LogP contribution < -0.4 is 0 Å². The van der Waals surface area contributed by atoms with Crippen LogP contribution in [0.2, 0.25) is 0 Å². The molecule has 0 aromatic carbocycles. The van der Waals surface area contributed by atoms with Crippen molar-refractivity contribution in [1.82, 2.24) is 4.90 Å². The van der Waals surface area contributed by atoms with E-state index in [4.69, 9.17) is 0 Å². The Morgan fingerprint density at radius 3 is 2.57 bits per heavy atom. The standard InChI is InChI=1S/C11H21NOS/c1-3-4-7-12(2)10(13)8-11(9-14)5-6-11/h14H,3-9H2,1-2H3. The minimum absolute atomic E-state index is 0.265. The zero-order valence-electron chi connectivity index (χ0n) is 9.25. The zero-order chi connectivity index (χ0) is 10.6. The van der Waals surface area contributed by atoms with Gasteiger partial charge in [-0.25, -0.2) is 0 Å². The van der Waals surface area contributed by atoms with Crippen LogP contribution in [0.5, 0.6) is 0 Å². The molecule has 1 amide bonds. The summed E-state index contributed by atoms with van der Waals surface area (Å²) in [4.78, 5) is 13.6. The summed E-state index contributed by atoms with van der Waals surface area (Å²) < 4.78 is 0. The monoisotopic (exact) mass is 215 g/mol. The molecule has 1 fully saturated rings. The van der Waals surface area contributed by atoms with Gasteiger partial charge in [0.05, 0.1) is 0 Å². The lowest BCUT2D eigenvalue weighted by atomic mass is 10.0. The summed E-state index contributed by atoms with van der Waals surface area (Å²) in [5.41, 5.74) is 0.265. The Morgan fingerprint density at radius 1 is 1.50 bits per heavy atom. The topological polar surface area (TPSA) is 20.3 Å². The van der Waals surface area contributed by atoms with Crippen LogP contribution >= 0.6 is 12.6 Å². The third kappa shape index (κ3) is 3.19. The summed E-state index contributed by atoms with van der Waals surface area (Å²) in [5.74, 6) is 1.16. The van der Waals surface area contributed by atoms with Crippen LogP contribution in [0, 0.1) is 5.41 Å². The number of carbonyl (C=O) groups excluding carboxylic acids is 1. The lowest BCUT2D eigenvalue weighted by molar-refractivity contribution is -0.131. The molecule has 0 aromatic heterocycles. The predicted octanol–water partition coefficient (Wildman–Crippen LogP) is 2.35. The molecule has 0 bridgehead atoms. The first-order chi connectivity index (χ1) is 6.63. The molecule has 2 nitrogen and oxygen atoms in total. The Kier molecular flexibility index (Phi) is 4.30. The van der Waals surface area contributed by atoms with Crippen LogP contribution in [0.3, 0.4) is 0 Å². The molecule has 0 aromatic rings. The van der Waals surface area contributed by atoms with Crippen LogP contribution in [0.1, 0.15) is 39.0 Å². The highest BCUT2D eigenvalue weighted by molar-refractivity contribution is 7.80. The van der Waals surface area contributed by atoms with Crippen LogP contribution in [-0.4, -0.2) is 30.2 Å². The highest BCUT2D eigenvalue weighted by Gasteiger charge is 2.43. The normalized spacial score (nSPS) is 17.9. The molecule has 1 rings (SSSR count). The second kappa shape index (κ2) is 5.06. The fourth-order valence-electron chi connectivity index (χ4n) is 1.54. The number of amides is 1. The molecule has 1 aliphatic rings. The van der Waals surface area contributed by atoms with Crippen molar-refractivity contribution in [2.24, 2.45) is 5.41 Å². The van der Waals surface area contributed by atoms with E-state index in [0.717, 1.165) is 25.1 Å². The van der Waals surface area contributed by atoms with E-state index in [0.29, 0.717) is 12.3 Å². The van der Waals surface area contributed by atoms with Crippen molar-refractivity contribution in [1.29, 1.82) is 0 Å². The Morgan fingerprint density at radius 2 is 2.14 bits per heavy atom. The van der Waals surface area contributed by atoms with Gasteiger partial charge >= 0.3 is 0 Å². The number of hydrogen-bond donors (Lipinski definition) is 1. The lowest BCUT2D eigenvalue weighted by Crippen LogP contribution is -2.30. The van der Waals surface area contributed by atoms with Gasteiger partial charge in [0.25, 0.3) is 0 Å². The van der Waals surface area contributed by atoms with Gasteiger partial charge < -0.3 is 4.90 Å². The summed E-state index contributed by atoms with van der Waals surface area (Å²) >= 11 is 4.31. The minimum Gasteiger partial charge on any atom is -0.346 e. The first kappa shape index (κ1) is 11.9. The molecule has 0 heterocycles. The summed E-state index contributed by atoms with van der Waals surface area (Å²) in [6.45, 7) is 3.05. The van der Waals surface area contributed by atoms with Gasteiger partial charge in [0.2, 0.25) is 5.91 Å². The van der Waals surface area contributed by atoms with Crippen molar-refractivity contribution in [3.05, 3.63) is 0 Å². The quantitative estimate of drug-likeness (QED) is 0.674. The van der Waals surface area contributed by atoms with Gasteiger partial charge in [-0.3, -0.25) is 4.79 Å². The summed E-state index contributed by atoms with van der Waals surface area (Å²) in [5, 5.41) is 0. The number of thiol groups is 1. The molecule has 82 valence electrons. The second-order valence-corrected chi connectivity index (χ2v) is 4.82. The van der Waals surface area contributed by atoms with Gasteiger partial charge in [-0.2, -0.15) is 12.6 Å². The number of hydrogen-bond acceptors (Lipinski definition) is 2. The van der Waals surface area contributed by atoms with E-state index in [1.807, 2.05) is 11.9 Å². The fourth-order valence-corrected chi connectivity index (χ4v) is 1.97. The smallest absolute Gasteiger partial charge is 0.222 e. The number of nitrogens with zero attached hydrogens (tertiary/aromatic N) is 1. The molecule has 1 saturated carbocycles. The fraction of sp³-hybridized carbons (Fsp3) is 0.909. The average molecular weight is 215 g/mol. The lowest BCUT2D eigenvalue weighted by Gasteiger charge is -2.19. The Hall–Kier alpha value is -0.180. The third-order valence-electron chi connectivity index (χ3n) is 3.09. The molecule has 3 heteroatoms. The third-order valence-corrected chi connectivity index (χ3v) is 3.76. The molecule has 0 unspecified atom stereocenters. The molecule has 1 aliphatic carbocycles. The molecular weight excluding hydrogens is 194 g/mol. The van der Waals surface area contributed by atoms with Gasteiger partial charge in [0.1, 0.15) is 0 Å². The van der Waals surface area contributed by atoms with Gasteiger partial charge in [-0.1, -0.05) is 13.3 Å². The van der Waals surface area contributed by atoms with Gasteiger partial charge in [-0.15, -0.1) is 0 Å². The van der Waals surface area contributed by atoms with Gasteiger partial charge in [0.15, 0.2) is 0 Å². The molecule has 0 spiro atoms. The number of rotatable bonds is 6. The molecule has 14 heavy (non-hydrogen) atoms. The van der Waals surface area contributed by atoms with E-state index < -0.39 is 0 Å². The van der Waals surface area contributed by atoms with Crippen molar-refractivity contribution < 1.29 is 4.79 Å². The summed E-state index contributed by atoms with van der Waals surface area (Å²) in [6, 6.07) is 0. The minimum atomic E-state index is 0.265. The highest BCUT2D eigenvalue weighted by atomic mass is 32.1. The maximum absolute atomic E-state index is 11.8. The number of unbranched alkanes of at least 4 members (excludes halogenated alkanes) is 1. The van der Waals surface area contributed by atoms with E-state index in [1.165, 1.54) is 12.8 Å². The zero-order valence-corrected chi connectivity index (χ0v) is 10.1. The first-order valence-electron chi connectivity index (χ1n) is 5.48. The maximum Gasteiger partial charge on any atom is 0.222 e. The SMILES string of the molecule is CCCCN(C)C(=O)CC1(CS)CC1. The molecule has 0 radical (unpaired) electrons. The Labute approximate surface area is 92.5 Å². The van der Waals surface area contributed by atoms with Crippen LogP contribution in [0.25, 0.3) is 0 Å². The van der Waals surface area contributed by atoms with Gasteiger partial charge in [-0.05, 0) is 30.4 Å². The van der Waals surface area contributed by atoms with E-state index in [2.05, 4.69) is 19.6 Å². The highest BCUT2D eigenvalue weighted by Crippen LogP contribution is 2.49. The summed E-state index contributed by atoms with van der Waals surface area (Å²) in [6.07, 6.45) is 5.33. The molecule has 0 atom stereocenters. The second-order valence-electron chi connectivity index (χ2n) is 4.50. The van der Waals surface area contributed by atoms with E-state index >= 15 is 0 Å². The van der Waals surface area contributed by atoms with Crippen LogP contribution in [-0.2, 0) is 4.79 Å². The molecule has 0 saturated heterocycles. The average Bonchev–Trinajstić information content (AvgIpc) is 2.94. The molecule has 0 aliphatic heterocycles. The van der Waals surface area contributed by atoms with Crippen molar-refractivity contribution in [3.63, 3.8) is 0 Å². The predicted molar refractivity (Wildman–Crippen MR) is 62.7 cm³/mol. The van der Waals surface area contributed by atoms with Crippen molar-refractivity contribution in [3.8, 4) is 0 Å². The van der Waals surface area contributed by atoms with Crippen LogP contribution in [0.15, 0.2) is 0 Å².